The number of nitrogens with one attached hydrogen (secondary N) is 1. The number of esters is 1. The van der Waals surface area contributed by atoms with E-state index in [0.29, 0.717) is 16.3 Å². The maximum absolute atomic E-state index is 12.1. The van der Waals surface area contributed by atoms with Crippen molar-refractivity contribution in [2.45, 2.75) is 6.92 Å². The second-order valence-electron chi connectivity index (χ2n) is 5.60. The van der Waals surface area contributed by atoms with Crippen LogP contribution in [0.2, 0.25) is 5.02 Å². The molecule has 3 rings (SSSR count). The Morgan fingerprint density at radius 2 is 1.76 bits per heavy atom. The van der Waals surface area contributed by atoms with Crippen molar-refractivity contribution in [1.82, 2.24) is 0 Å². The largest absolute Gasteiger partial charge is 0.452 e. The van der Waals surface area contributed by atoms with Crippen LogP contribution in [0.25, 0.3) is 10.8 Å². The summed E-state index contributed by atoms with van der Waals surface area (Å²) in [6.07, 6.45) is 0. The third-order valence-corrected chi connectivity index (χ3v) is 4.27. The van der Waals surface area contributed by atoms with Crippen molar-refractivity contribution < 1.29 is 14.3 Å². The van der Waals surface area contributed by atoms with Gasteiger partial charge in [0.1, 0.15) is 0 Å². The maximum Gasteiger partial charge on any atom is 0.338 e. The van der Waals surface area contributed by atoms with E-state index in [9.17, 15) is 9.59 Å². The Kier molecular flexibility index (Phi) is 5.00. The number of benzene rings is 3. The molecule has 0 aliphatic heterocycles. The average Bonchev–Trinajstić information content (AvgIpc) is 2.63. The van der Waals surface area contributed by atoms with E-state index in [4.69, 9.17) is 16.3 Å². The van der Waals surface area contributed by atoms with Crippen molar-refractivity contribution in [2.75, 3.05) is 11.9 Å². The first kappa shape index (κ1) is 17.0. The lowest BCUT2D eigenvalue weighted by molar-refractivity contribution is -0.119. The van der Waals surface area contributed by atoms with Gasteiger partial charge in [-0.3, -0.25) is 4.79 Å². The molecule has 0 spiro atoms. The van der Waals surface area contributed by atoms with Gasteiger partial charge in [-0.15, -0.1) is 0 Å². The van der Waals surface area contributed by atoms with Crippen LogP contribution < -0.4 is 5.32 Å². The zero-order valence-electron chi connectivity index (χ0n) is 13.6. The van der Waals surface area contributed by atoms with Gasteiger partial charge in [0.15, 0.2) is 6.61 Å². The highest BCUT2D eigenvalue weighted by Gasteiger charge is 2.12. The van der Waals surface area contributed by atoms with Crippen LogP contribution in [-0.2, 0) is 9.53 Å². The van der Waals surface area contributed by atoms with E-state index in [-0.39, 0.29) is 6.61 Å². The van der Waals surface area contributed by atoms with Gasteiger partial charge in [0.25, 0.3) is 5.91 Å². The number of halogens is 1. The molecule has 0 heterocycles. The van der Waals surface area contributed by atoms with Gasteiger partial charge in [0, 0.05) is 10.7 Å². The first-order valence-electron chi connectivity index (χ1n) is 7.75. The Balaban J connectivity index is 1.63. The monoisotopic (exact) mass is 353 g/mol. The van der Waals surface area contributed by atoms with E-state index in [1.165, 1.54) is 0 Å². The number of rotatable bonds is 4. The predicted octanol–water partition coefficient (Wildman–Crippen LogP) is 4.60. The predicted molar refractivity (Wildman–Crippen MR) is 99.0 cm³/mol. The fourth-order valence-electron chi connectivity index (χ4n) is 2.46. The minimum Gasteiger partial charge on any atom is -0.452 e. The number of fused-ring (bicyclic) bond motifs is 1. The minimum atomic E-state index is -0.538. The standard InChI is InChI=1S/C20H16ClNO3/c1-13-17(21)7-4-8-18(13)22-19(23)12-25-20(24)16-10-9-14-5-2-3-6-15(14)11-16/h2-11H,12H2,1H3,(H,22,23). The number of amides is 1. The highest BCUT2D eigenvalue weighted by atomic mass is 35.5. The van der Waals surface area contributed by atoms with Gasteiger partial charge in [-0.25, -0.2) is 4.79 Å². The number of ether oxygens (including phenoxy) is 1. The van der Waals surface area contributed by atoms with Gasteiger partial charge in [-0.05, 0) is 47.5 Å². The van der Waals surface area contributed by atoms with Crippen molar-refractivity contribution in [3.63, 3.8) is 0 Å². The van der Waals surface area contributed by atoms with E-state index in [0.717, 1.165) is 16.3 Å². The summed E-state index contributed by atoms with van der Waals surface area (Å²) in [5.74, 6) is -0.955. The van der Waals surface area contributed by atoms with Crippen LogP contribution in [-0.4, -0.2) is 18.5 Å². The summed E-state index contributed by atoms with van der Waals surface area (Å²) in [5.41, 5.74) is 1.77. The lowest BCUT2D eigenvalue weighted by Crippen LogP contribution is -2.21. The highest BCUT2D eigenvalue weighted by Crippen LogP contribution is 2.22. The molecule has 3 aromatic carbocycles. The summed E-state index contributed by atoms with van der Waals surface area (Å²) in [5, 5.41) is 5.22. The second-order valence-corrected chi connectivity index (χ2v) is 6.01. The summed E-state index contributed by atoms with van der Waals surface area (Å²) in [4.78, 5) is 24.1. The number of hydrogen-bond acceptors (Lipinski definition) is 3. The molecule has 0 aromatic heterocycles. The van der Waals surface area contributed by atoms with Crippen LogP contribution in [0.3, 0.4) is 0 Å². The number of anilines is 1. The highest BCUT2D eigenvalue weighted by molar-refractivity contribution is 6.31. The number of hydrogen-bond donors (Lipinski definition) is 1. The molecule has 0 radical (unpaired) electrons. The van der Waals surface area contributed by atoms with Crippen molar-refractivity contribution in [1.29, 1.82) is 0 Å². The normalized spacial score (nSPS) is 10.5. The van der Waals surface area contributed by atoms with Crippen LogP contribution in [0.4, 0.5) is 5.69 Å². The van der Waals surface area contributed by atoms with Crippen LogP contribution in [0.5, 0.6) is 0 Å². The molecule has 0 bridgehead atoms. The molecule has 0 saturated carbocycles. The molecule has 1 N–H and O–H groups in total. The summed E-state index contributed by atoms with van der Waals surface area (Å²) < 4.78 is 5.10. The molecule has 0 saturated heterocycles. The van der Waals surface area contributed by atoms with Crippen LogP contribution in [0.1, 0.15) is 15.9 Å². The third kappa shape index (κ3) is 3.98. The molecule has 4 nitrogen and oxygen atoms in total. The zero-order chi connectivity index (χ0) is 17.8. The molecule has 0 atom stereocenters. The average molecular weight is 354 g/mol. The molecule has 0 fully saturated rings. The molecular formula is C20H16ClNO3. The first-order valence-corrected chi connectivity index (χ1v) is 8.13. The summed E-state index contributed by atoms with van der Waals surface area (Å²) in [7, 11) is 0. The first-order chi connectivity index (χ1) is 12.0. The van der Waals surface area contributed by atoms with E-state index in [1.807, 2.05) is 30.3 Å². The zero-order valence-corrected chi connectivity index (χ0v) is 14.3. The molecule has 0 aliphatic rings. The quantitative estimate of drug-likeness (QED) is 0.697. The van der Waals surface area contributed by atoms with Gasteiger partial charge >= 0.3 is 5.97 Å². The molecule has 0 unspecified atom stereocenters. The van der Waals surface area contributed by atoms with Gasteiger partial charge in [-0.1, -0.05) is 48.0 Å². The van der Waals surface area contributed by atoms with Crippen molar-refractivity contribution in [3.8, 4) is 0 Å². The third-order valence-electron chi connectivity index (χ3n) is 3.86. The molecule has 25 heavy (non-hydrogen) atoms. The Labute approximate surface area is 150 Å². The van der Waals surface area contributed by atoms with E-state index in [2.05, 4.69) is 5.32 Å². The summed E-state index contributed by atoms with van der Waals surface area (Å²) in [6, 6.07) is 18.2. The van der Waals surface area contributed by atoms with Crippen molar-refractivity contribution in [3.05, 3.63) is 76.8 Å². The van der Waals surface area contributed by atoms with E-state index < -0.39 is 11.9 Å². The second kappa shape index (κ2) is 7.36. The molecule has 126 valence electrons. The Bertz CT molecular complexity index is 953. The molecule has 5 heteroatoms. The number of carbonyl (C=O) groups is 2. The van der Waals surface area contributed by atoms with Gasteiger partial charge in [0.05, 0.1) is 5.56 Å². The molecule has 1 amide bonds. The summed E-state index contributed by atoms with van der Waals surface area (Å²) >= 11 is 6.02. The minimum absolute atomic E-state index is 0.363. The summed E-state index contributed by atoms with van der Waals surface area (Å²) in [6.45, 7) is 1.44. The van der Waals surface area contributed by atoms with Crippen molar-refractivity contribution in [2.24, 2.45) is 0 Å². The van der Waals surface area contributed by atoms with Crippen LogP contribution >= 0.6 is 11.6 Å². The SMILES string of the molecule is Cc1c(Cl)cccc1NC(=O)COC(=O)c1ccc2ccccc2c1. The van der Waals surface area contributed by atoms with Gasteiger partial charge in [-0.2, -0.15) is 0 Å². The Morgan fingerprint density at radius 3 is 2.56 bits per heavy atom. The fourth-order valence-corrected chi connectivity index (χ4v) is 2.63. The Morgan fingerprint density at radius 1 is 1.00 bits per heavy atom. The van der Waals surface area contributed by atoms with Gasteiger partial charge in [0.2, 0.25) is 0 Å². The number of carbonyl (C=O) groups excluding carboxylic acids is 2. The molecular weight excluding hydrogens is 338 g/mol. The van der Waals surface area contributed by atoms with E-state index >= 15 is 0 Å². The van der Waals surface area contributed by atoms with Crippen LogP contribution in [0.15, 0.2) is 60.7 Å². The lowest BCUT2D eigenvalue weighted by Gasteiger charge is -2.10. The van der Waals surface area contributed by atoms with E-state index in [1.54, 1.807) is 37.3 Å². The fraction of sp³-hybridized carbons (Fsp3) is 0.100. The van der Waals surface area contributed by atoms with Crippen LogP contribution in [0, 0.1) is 6.92 Å². The van der Waals surface area contributed by atoms with Crippen molar-refractivity contribution >= 4 is 39.9 Å². The smallest absolute Gasteiger partial charge is 0.338 e. The lowest BCUT2D eigenvalue weighted by atomic mass is 10.1. The molecule has 3 aromatic rings. The maximum atomic E-state index is 12.1. The van der Waals surface area contributed by atoms with Gasteiger partial charge < -0.3 is 10.1 Å². The molecule has 0 aliphatic carbocycles. The topological polar surface area (TPSA) is 55.4 Å². The Hall–Kier alpha value is -2.85.